The lowest BCUT2D eigenvalue weighted by Gasteiger charge is -2.20. The van der Waals surface area contributed by atoms with Gasteiger partial charge < -0.3 is 18.6 Å². The van der Waals surface area contributed by atoms with E-state index >= 15 is 0 Å². The number of esters is 1. The third kappa shape index (κ3) is 4.23. The van der Waals surface area contributed by atoms with E-state index in [0.717, 1.165) is 41.1 Å². The molecule has 0 saturated heterocycles. The van der Waals surface area contributed by atoms with Crippen molar-refractivity contribution in [2.24, 2.45) is 0 Å². The largest absolute Gasteiger partial charge is 0.495 e. The van der Waals surface area contributed by atoms with Gasteiger partial charge in [0.25, 0.3) is 0 Å². The Bertz CT molecular complexity index is 1430. The molecule has 0 bridgehead atoms. The van der Waals surface area contributed by atoms with Gasteiger partial charge in [-0.25, -0.2) is 19.2 Å². The van der Waals surface area contributed by atoms with E-state index in [4.69, 9.17) is 14.5 Å². The smallest absolute Gasteiger partial charge is 0.358 e. The van der Waals surface area contributed by atoms with Gasteiger partial charge in [-0.3, -0.25) is 0 Å². The molecule has 1 aliphatic rings. The second-order valence-corrected chi connectivity index (χ2v) is 8.41. The Morgan fingerprint density at radius 2 is 1.94 bits per heavy atom. The van der Waals surface area contributed by atoms with Crippen LogP contribution < -0.4 is 4.74 Å². The van der Waals surface area contributed by atoms with Crippen LogP contribution in [0.3, 0.4) is 0 Å². The number of allylic oxidation sites excluding steroid dienone is 1. The molecule has 0 atom stereocenters. The van der Waals surface area contributed by atoms with E-state index in [2.05, 4.69) is 11.1 Å². The van der Waals surface area contributed by atoms with Gasteiger partial charge in [-0.2, -0.15) is 0 Å². The number of fused-ring (bicyclic) bond motifs is 1. The zero-order valence-corrected chi connectivity index (χ0v) is 19.8. The van der Waals surface area contributed by atoms with Crippen LogP contribution in [0.2, 0.25) is 0 Å². The van der Waals surface area contributed by atoms with Crippen molar-refractivity contribution in [3.05, 3.63) is 83.6 Å². The quantitative estimate of drug-likeness (QED) is 0.368. The van der Waals surface area contributed by atoms with Gasteiger partial charge in [-0.15, -0.1) is 0 Å². The topological polar surface area (TPSA) is 71.2 Å². The van der Waals surface area contributed by atoms with Crippen molar-refractivity contribution in [1.29, 1.82) is 0 Å². The average Bonchev–Trinajstić information content (AvgIpc) is 3.48. The fraction of sp³-hybridized carbons (Fsp3) is 0.222. The Morgan fingerprint density at radius 1 is 1.14 bits per heavy atom. The molecule has 178 valence electrons. The minimum absolute atomic E-state index is 0.227. The third-order valence-electron chi connectivity index (χ3n) is 6.11. The summed E-state index contributed by atoms with van der Waals surface area (Å²) in [6.07, 6.45) is 7.46. The second-order valence-electron chi connectivity index (χ2n) is 8.41. The number of rotatable bonds is 5. The van der Waals surface area contributed by atoms with Crippen LogP contribution in [0.15, 0.2) is 55.0 Å². The number of halogens is 1. The summed E-state index contributed by atoms with van der Waals surface area (Å²) in [5.41, 5.74) is 5.36. The summed E-state index contributed by atoms with van der Waals surface area (Å²) >= 11 is 0. The van der Waals surface area contributed by atoms with Crippen LogP contribution in [0.25, 0.3) is 28.6 Å². The molecule has 0 fully saturated rings. The van der Waals surface area contributed by atoms with Crippen molar-refractivity contribution in [3.63, 3.8) is 0 Å². The average molecular weight is 473 g/mol. The van der Waals surface area contributed by atoms with Crippen LogP contribution in [0.5, 0.6) is 5.75 Å². The third-order valence-corrected chi connectivity index (χ3v) is 6.11. The minimum Gasteiger partial charge on any atom is -0.495 e. The molecule has 5 rings (SSSR count). The fourth-order valence-electron chi connectivity index (χ4n) is 4.48. The van der Waals surface area contributed by atoms with E-state index in [-0.39, 0.29) is 11.5 Å². The standard InChI is InChI=1S/C27H25FN4O3/c1-17-15-31(16-29-17)22-11-6-18(14-23(22)34-2)13-20-5-4-12-32-25(19-7-9-21(28)10-8-19)24(27(33)35-3)30-26(20)32/h6-11,13-16H,4-5,12H2,1-3H3/b20-13+. The number of carbonyl (C=O) groups is 1. The number of nitrogens with zero attached hydrogens (tertiary/aromatic N) is 4. The van der Waals surface area contributed by atoms with Crippen molar-refractivity contribution < 1.29 is 18.7 Å². The van der Waals surface area contributed by atoms with Crippen LogP contribution in [-0.4, -0.2) is 39.3 Å². The predicted octanol–water partition coefficient (Wildman–Crippen LogP) is 5.31. The van der Waals surface area contributed by atoms with Crippen molar-refractivity contribution in [2.75, 3.05) is 14.2 Å². The molecule has 0 N–H and O–H groups in total. The number of carbonyl (C=O) groups excluding carboxylic acids is 1. The lowest BCUT2D eigenvalue weighted by Crippen LogP contribution is -2.11. The molecule has 3 heterocycles. The maximum absolute atomic E-state index is 13.6. The summed E-state index contributed by atoms with van der Waals surface area (Å²) in [5, 5.41) is 0. The van der Waals surface area contributed by atoms with Crippen LogP contribution in [0.4, 0.5) is 4.39 Å². The van der Waals surface area contributed by atoms with Gasteiger partial charge in [-0.1, -0.05) is 6.07 Å². The number of benzene rings is 2. The van der Waals surface area contributed by atoms with Crippen molar-refractivity contribution in [3.8, 4) is 22.7 Å². The summed E-state index contributed by atoms with van der Waals surface area (Å²) in [4.78, 5) is 21.6. The first-order valence-electron chi connectivity index (χ1n) is 11.3. The highest BCUT2D eigenvalue weighted by atomic mass is 19.1. The Balaban J connectivity index is 1.59. The molecule has 0 unspecified atom stereocenters. The molecule has 2 aromatic heterocycles. The summed E-state index contributed by atoms with van der Waals surface area (Å²) in [5.74, 6) is 0.574. The first kappa shape index (κ1) is 22.6. The predicted molar refractivity (Wildman–Crippen MR) is 131 cm³/mol. The van der Waals surface area contributed by atoms with Gasteiger partial charge in [0.2, 0.25) is 0 Å². The van der Waals surface area contributed by atoms with Gasteiger partial charge in [-0.05, 0) is 73.4 Å². The number of hydrogen-bond acceptors (Lipinski definition) is 5. The lowest BCUT2D eigenvalue weighted by atomic mass is 10.0. The Kier molecular flexibility index (Phi) is 5.94. The maximum atomic E-state index is 13.6. The highest BCUT2D eigenvalue weighted by Crippen LogP contribution is 2.36. The highest BCUT2D eigenvalue weighted by molar-refractivity contribution is 5.96. The molecule has 0 spiro atoms. The van der Waals surface area contributed by atoms with Crippen LogP contribution in [0.1, 0.15) is 40.4 Å². The number of ether oxygens (including phenoxy) is 2. The van der Waals surface area contributed by atoms with Crippen LogP contribution >= 0.6 is 0 Å². The van der Waals surface area contributed by atoms with E-state index in [1.807, 2.05) is 40.5 Å². The molecule has 35 heavy (non-hydrogen) atoms. The highest BCUT2D eigenvalue weighted by Gasteiger charge is 2.28. The number of methoxy groups -OCH3 is 2. The van der Waals surface area contributed by atoms with Crippen molar-refractivity contribution in [1.82, 2.24) is 19.1 Å². The Hall–Kier alpha value is -4.20. The van der Waals surface area contributed by atoms with Gasteiger partial charge in [0, 0.05) is 18.3 Å². The number of aryl methyl sites for hydroxylation is 1. The summed E-state index contributed by atoms with van der Waals surface area (Å²) in [7, 11) is 2.98. The zero-order valence-electron chi connectivity index (χ0n) is 19.8. The van der Waals surface area contributed by atoms with Crippen LogP contribution in [-0.2, 0) is 11.3 Å². The van der Waals surface area contributed by atoms with E-state index in [1.165, 1.54) is 19.2 Å². The molecule has 4 aromatic rings. The molecule has 0 aliphatic carbocycles. The van der Waals surface area contributed by atoms with Gasteiger partial charge in [0.15, 0.2) is 5.69 Å². The molecule has 0 saturated carbocycles. The first-order valence-corrected chi connectivity index (χ1v) is 11.3. The van der Waals surface area contributed by atoms with E-state index < -0.39 is 5.97 Å². The lowest BCUT2D eigenvalue weighted by molar-refractivity contribution is 0.0595. The minimum atomic E-state index is -0.521. The Labute approximate surface area is 202 Å². The fourth-order valence-corrected chi connectivity index (χ4v) is 4.48. The van der Waals surface area contributed by atoms with Gasteiger partial charge in [0.05, 0.1) is 37.6 Å². The summed E-state index contributed by atoms with van der Waals surface area (Å²) < 4.78 is 28.2. The Morgan fingerprint density at radius 3 is 2.63 bits per heavy atom. The second kappa shape index (κ2) is 9.21. The van der Waals surface area contributed by atoms with Gasteiger partial charge in [0.1, 0.15) is 17.4 Å². The van der Waals surface area contributed by atoms with Crippen LogP contribution in [0, 0.1) is 12.7 Å². The molecule has 7 nitrogen and oxygen atoms in total. The first-order chi connectivity index (χ1) is 17.0. The normalized spacial score (nSPS) is 14.1. The number of aromatic nitrogens is 4. The molecule has 2 aromatic carbocycles. The summed E-state index contributed by atoms with van der Waals surface area (Å²) in [6.45, 7) is 2.64. The summed E-state index contributed by atoms with van der Waals surface area (Å²) in [6, 6.07) is 12.1. The van der Waals surface area contributed by atoms with E-state index in [9.17, 15) is 9.18 Å². The van der Waals surface area contributed by atoms with E-state index in [1.54, 1.807) is 25.6 Å². The van der Waals surface area contributed by atoms with E-state index in [0.29, 0.717) is 23.6 Å². The molecular formula is C27H25FN4O3. The van der Waals surface area contributed by atoms with Crippen molar-refractivity contribution >= 4 is 17.6 Å². The molecule has 0 radical (unpaired) electrons. The molecule has 1 aliphatic heterocycles. The maximum Gasteiger partial charge on any atom is 0.358 e. The van der Waals surface area contributed by atoms with Crippen molar-refractivity contribution in [2.45, 2.75) is 26.3 Å². The number of hydrogen-bond donors (Lipinski definition) is 0. The van der Waals surface area contributed by atoms with Gasteiger partial charge >= 0.3 is 5.97 Å². The zero-order chi connectivity index (χ0) is 24.5. The molecule has 0 amide bonds. The number of imidazole rings is 2. The SMILES string of the molecule is COC(=O)c1nc2n(c1-c1ccc(F)cc1)CCC/C2=C\c1ccc(-n2cnc(C)c2)c(OC)c1. The molecular weight excluding hydrogens is 447 g/mol. The monoisotopic (exact) mass is 472 g/mol. The molecule has 8 heteroatoms.